The van der Waals surface area contributed by atoms with Crippen LogP contribution in [0.2, 0.25) is 0 Å². The van der Waals surface area contributed by atoms with Gasteiger partial charge in [-0.25, -0.2) is 0 Å². The lowest BCUT2D eigenvalue weighted by Gasteiger charge is -2.02. The van der Waals surface area contributed by atoms with Gasteiger partial charge in [0, 0.05) is 24.9 Å². The molecule has 2 atom stereocenters. The van der Waals surface area contributed by atoms with Crippen molar-refractivity contribution >= 4 is 5.97 Å². The molecule has 4 heteroatoms. The third-order valence-corrected chi connectivity index (χ3v) is 3.27. The van der Waals surface area contributed by atoms with E-state index in [0.29, 0.717) is 0 Å². The number of aryl methyl sites for hydroxylation is 1. The van der Waals surface area contributed by atoms with Gasteiger partial charge >= 0.3 is 5.97 Å². The van der Waals surface area contributed by atoms with Crippen LogP contribution < -0.4 is 0 Å². The summed E-state index contributed by atoms with van der Waals surface area (Å²) in [5, 5.41) is 13.1. The lowest BCUT2D eigenvalue weighted by atomic mass is 10.1. The maximum atomic E-state index is 11.0. The van der Waals surface area contributed by atoms with Crippen LogP contribution in [-0.4, -0.2) is 20.9 Å². The van der Waals surface area contributed by atoms with Crippen LogP contribution >= 0.6 is 0 Å². The second-order valence-electron chi connectivity index (χ2n) is 4.49. The van der Waals surface area contributed by atoms with Crippen LogP contribution in [0, 0.1) is 11.3 Å². The number of rotatable bonds is 2. The molecule has 1 aromatic heterocycles. The zero-order valence-corrected chi connectivity index (χ0v) is 8.56. The molecule has 1 saturated carbocycles. The fraction of sp³-hybridized carbons (Fsp3) is 0.600. The lowest BCUT2D eigenvalue weighted by molar-refractivity contribution is -0.139. The summed E-state index contributed by atoms with van der Waals surface area (Å²) < 4.78 is 1.76. The zero-order chi connectivity index (χ0) is 10.5. The Labute approximate surface area is 82.5 Å². The SMILES string of the molecule is Cn1nccc1C1C(C(=O)O)C1(C)C. The van der Waals surface area contributed by atoms with Gasteiger partial charge in [-0.1, -0.05) is 13.8 Å². The average molecular weight is 194 g/mol. The van der Waals surface area contributed by atoms with Gasteiger partial charge in [-0.3, -0.25) is 9.48 Å². The van der Waals surface area contributed by atoms with Gasteiger partial charge in [-0.05, 0) is 11.5 Å². The normalized spacial score (nSPS) is 28.8. The number of carboxylic acids is 1. The molecule has 0 spiro atoms. The predicted molar refractivity (Wildman–Crippen MR) is 50.9 cm³/mol. The van der Waals surface area contributed by atoms with Gasteiger partial charge in [0.25, 0.3) is 0 Å². The Bertz CT molecular complexity index is 381. The van der Waals surface area contributed by atoms with Crippen molar-refractivity contribution in [1.82, 2.24) is 9.78 Å². The van der Waals surface area contributed by atoms with Gasteiger partial charge in [-0.15, -0.1) is 0 Å². The van der Waals surface area contributed by atoms with Gasteiger partial charge in [-0.2, -0.15) is 5.10 Å². The highest BCUT2D eigenvalue weighted by Crippen LogP contribution is 2.64. The molecule has 0 saturated heterocycles. The lowest BCUT2D eigenvalue weighted by Crippen LogP contribution is -2.03. The van der Waals surface area contributed by atoms with Crippen molar-refractivity contribution in [1.29, 1.82) is 0 Å². The highest BCUT2D eigenvalue weighted by atomic mass is 16.4. The Hall–Kier alpha value is -1.32. The Balaban J connectivity index is 2.32. The molecule has 1 aromatic rings. The first-order chi connectivity index (χ1) is 6.46. The number of aliphatic carboxylic acids is 1. The number of carbonyl (C=O) groups is 1. The van der Waals surface area contributed by atoms with Crippen LogP contribution in [0.4, 0.5) is 0 Å². The first-order valence-electron chi connectivity index (χ1n) is 4.67. The average Bonchev–Trinajstić information content (AvgIpc) is 2.42. The van der Waals surface area contributed by atoms with Crippen molar-refractivity contribution in [2.45, 2.75) is 19.8 Å². The third kappa shape index (κ3) is 1.06. The van der Waals surface area contributed by atoms with Crippen molar-refractivity contribution < 1.29 is 9.90 Å². The first kappa shape index (κ1) is 9.24. The molecule has 14 heavy (non-hydrogen) atoms. The van der Waals surface area contributed by atoms with Crippen LogP contribution in [0.1, 0.15) is 25.5 Å². The Morgan fingerprint density at radius 3 is 2.64 bits per heavy atom. The van der Waals surface area contributed by atoms with E-state index < -0.39 is 5.97 Å². The monoisotopic (exact) mass is 194 g/mol. The molecule has 2 rings (SSSR count). The molecule has 76 valence electrons. The van der Waals surface area contributed by atoms with E-state index in [0.717, 1.165) is 5.69 Å². The number of hydrogen-bond acceptors (Lipinski definition) is 2. The Morgan fingerprint density at radius 1 is 1.64 bits per heavy atom. The molecule has 4 nitrogen and oxygen atoms in total. The molecule has 0 bridgehead atoms. The molecule has 1 aliphatic rings. The summed E-state index contributed by atoms with van der Waals surface area (Å²) in [5.74, 6) is -0.869. The minimum absolute atomic E-state index is 0.104. The summed E-state index contributed by atoms with van der Waals surface area (Å²) in [4.78, 5) is 11.0. The van der Waals surface area contributed by atoms with E-state index in [1.807, 2.05) is 27.0 Å². The highest BCUT2D eigenvalue weighted by molar-refractivity contribution is 5.77. The van der Waals surface area contributed by atoms with Crippen LogP contribution in [-0.2, 0) is 11.8 Å². The van der Waals surface area contributed by atoms with Crippen molar-refractivity contribution in [2.24, 2.45) is 18.4 Å². The molecule has 0 aromatic carbocycles. The maximum absolute atomic E-state index is 11.0. The summed E-state index contributed by atoms with van der Waals surface area (Å²) in [7, 11) is 1.85. The first-order valence-corrected chi connectivity index (χ1v) is 4.67. The number of nitrogens with zero attached hydrogens (tertiary/aromatic N) is 2. The summed E-state index contributed by atoms with van der Waals surface area (Å²) in [6, 6.07) is 1.90. The standard InChI is InChI=1S/C10H14N2O2/c1-10(2)7(8(10)9(13)14)6-4-5-11-12(6)3/h4-5,7-8H,1-3H3,(H,13,14). The van der Waals surface area contributed by atoms with Crippen LogP contribution in [0.15, 0.2) is 12.3 Å². The molecule has 0 radical (unpaired) electrons. The van der Waals surface area contributed by atoms with E-state index in [2.05, 4.69) is 5.10 Å². The van der Waals surface area contributed by atoms with Gasteiger partial charge in [0.15, 0.2) is 0 Å². The van der Waals surface area contributed by atoms with Crippen molar-refractivity contribution in [2.75, 3.05) is 0 Å². The summed E-state index contributed by atoms with van der Waals surface area (Å²) in [5.41, 5.74) is 0.877. The number of hydrogen-bond donors (Lipinski definition) is 1. The Kier molecular flexibility index (Phi) is 1.71. The number of carboxylic acid groups (broad SMARTS) is 1. The van der Waals surface area contributed by atoms with E-state index in [9.17, 15) is 4.79 Å². The summed E-state index contributed by atoms with van der Waals surface area (Å²) in [6.45, 7) is 3.98. The van der Waals surface area contributed by atoms with E-state index in [-0.39, 0.29) is 17.3 Å². The fourth-order valence-electron chi connectivity index (χ4n) is 2.34. The molecule has 1 fully saturated rings. The molecule has 0 amide bonds. The van der Waals surface area contributed by atoms with Crippen LogP contribution in [0.3, 0.4) is 0 Å². The number of aromatic nitrogens is 2. The maximum Gasteiger partial charge on any atom is 0.307 e. The van der Waals surface area contributed by atoms with Gasteiger partial charge < -0.3 is 5.11 Å². The molecule has 0 aliphatic heterocycles. The molecular weight excluding hydrogens is 180 g/mol. The summed E-state index contributed by atoms with van der Waals surface area (Å²) >= 11 is 0. The minimum Gasteiger partial charge on any atom is -0.481 e. The van der Waals surface area contributed by atoms with Crippen LogP contribution in [0.25, 0.3) is 0 Å². The van der Waals surface area contributed by atoms with E-state index >= 15 is 0 Å². The van der Waals surface area contributed by atoms with E-state index in [1.165, 1.54) is 0 Å². The smallest absolute Gasteiger partial charge is 0.307 e. The Morgan fingerprint density at radius 2 is 2.29 bits per heavy atom. The third-order valence-electron chi connectivity index (χ3n) is 3.27. The van der Waals surface area contributed by atoms with Crippen LogP contribution in [0.5, 0.6) is 0 Å². The molecule has 1 aliphatic carbocycles. The highest BCUT2D eigenvalue weighted by Gasteiger charge is 2.63. The largest absolute Gasteiger partial charge is 0.481 e. The van der Waals surface area contributed by atoms with Gasteiger partial charge in [0.1, 0.15) is 0 Å². The second kappa shape index (κ2) is 2.59. The van der Waals surface area contributed by atoms with Gasteiger partial charge in [0.05, 0.1) is 5.92 Å². The zero-order valence-electron chi connectivity index (χ0n) is 8.56. The topological polar surface area (TPSA) is 55.1 Å². The van der Waals surface area contributed by atoms with Crippen molar-refractivity contribution in [3.63, 3.8) is 0 Å². The van der Waals surface area contributed by atoms with Crippen molar-refractivity contribution in [3.05, 3.63) is 18.0 Å². The predicted octanol–water partition coefficient (Wildman–Crippen LogP) is 1.24. The quantitative estimate of drug-likeness (QED) is 0.770. The van der Waals surface area contributed by atoms with E-state index in [4.69, 9.17) is 5.11 Å². The molecular formula is C10H14N2O2. The fourth-order valence-corrected chi connectivity index (χ4v) is 2.34. The van der Waals surface area contributed by atoms with E-state index in [1.54, 1.807) is 10.9 Å². The summed E-state index contributed by atoms with van der Waals surface area (Å²) in [6.07, 6.45) is 1.71. The molecule has 1 N–H and O–H groups in total. The second-order valence-corrected chi connectivity index (χ2v) is 4.49. The minimum atomic E-state index is -0.707. The van der Waals surface area contributed by atoms with Gasteiger partial charge in [0.2, 0.25) is 0 Å². The van der Waals surface area contributed by atoms with Crippen molar-refractivity contribution in [3.8, 4) is 0 Å². The molecule has 1 heterocycles. The molecule has 2 unspecified atom stereocenters.